The number of carbonyl (C=O) groups is 2. The normalized spacial score (nSPS) is 30.4. The molecule has 2 atom stereocenters. The van der Waals surface area contributed by atoms with Crippen LogP contribution in [0.4, 0.5) is 4.79 Å². The summed E-state index contributed by atoms with van der Waals surface area (Å²) >= 11 is 0. The fourth-order valence-corrected chi connectivity index (χ4v) is 2.78. The molecular weight excluding hydrogens is 232 g/mol. The van der Waals surface area contributed by atoms with Crippen molar-refractivity contribution < 1.29 is 14.7 Å². The van der Waals surface area contributed by atoms with Crippen molar-refractivity contribution in [3.63, 3.8) is 0 Å². The average Bonchev–Trinajstić information content (AvgIpc) is 2.26. The van der Waals surface area contributed by atoms with Gasteiger partial charge in [0.05, 0.1) is 0 Å². The number of carboxylic acid groups (broad SMARTS) is 1. The molecule has 1 saturated heterocycles. The lowest BCUT2D eigenvalue weighted by Gasteiger charge is -2.43. The van der Waals surface area contributed by atoms with Gasteiger partial charge in [-0.3, -0.25) is 0 Å². The van der Waals surface area contributed by atoms with Gasteiger partial charge >= 0.3 is 12.0 Å². The Morgan fingerprint density at radius 3 is 2.56 bits per heavy atom. The molecule has 0 radical (unpaired) electrons. The summed E-state index contributed by atoms with van der Waals surface area (Å²) in [6, 6.07) is -0.881. The Kier molecular flexibility index (Phi) is 3.50. The second kappa shape index (κ2) is 4.78. The van der Waals surface area contributed by atoms with Gasteiger partial charge in [-0.15, -0.1) is 0 Å². The van der Waals surface area contributed by atoms with E-state index in [1.165, 1.54) is 4.90 Å². The maximum Gasteiger partial charge on any atom is 0.326 e. The van der Waals surface area contributed by atoms with Crippen LogP contribution in [0.2, 0.25) is 0 Å². The molecular formula is C13H22N2O3. The van der Waals surface area contributed by atoms with E-state index in [0.717, 1.165) is 25.7 Å². The van der Waals surface area contributed by atoms with Crippen molar-refractivity contribution in [1.29, 1.82) is 0 Å². The van der Waals surface area contributed by atoms with Crippen molar-refractivity contribution >= 4 is 12.0 Å². The van der Waals surface area contributed by atoms with Crippen molar-refractivity contribution in [2.45, 2.75) is 57.5 Å². The monoisotopic (exact) mass is 254 g/mol. The number of carbonyl (C=O) groups excluding carboxylic acids is 1. The van der Waals surface area contributed by atoms with E-state index in [0.29, 0.717) is 18.9 Å². The molecule has 102 valence electrons. The highest BCUT2D eigenvalue weighted by Crippen LogP contribution is 2.32. The van der Waals surface area contributed by atoms with Crippen LogP contribution in [0.3, 0.4) is 0 Å². The van der Waals surface area contributed by atoms with Gasteiger partial charge in [-0.25, -0.2) is 9.59 Å². The van der Waals surface area contributed by atoms with Crippen LogP contribution < -0.4 is 5.32 Å². The molecule has 0 aromatic carbocycles. The van der Waals surface area contributed by atoms with Gasteiger partial charge in [0.1, 0.15) is 6.04 Å². The summed E-state index contributed by atoms with van der Waals surface area (Å²) in [7, 11) is 0. The molecule has 2 rings (SSSR count). The van der Waals surface area contributed by atoms with Crippen LogP contribution >= 0.6 is 0 Å². The molecule has 18 heavy (non-hydrogen) atoms. The molecule has 0 aromatic heterocycles. The van der Waals surface area contributed by atoms with Crippen LogP contribution in [0.1, 0.15) is 46.0 Å². The molecule has 0 aromatic rings. The van der Waals surface area contributed by atoms with Crippen LogP contribution in [0.25, 0.3) is 0 Å². The van der Waals surface area contributed by atoms with Gasteiger partial charge in [0, 0.05) is 12.1 Å². The topological polar surface area (TPSA) is 69.6 Å². The molecule has 5 nitrogen and oxygen atoms in total. The third-order valence-corrected chi connectivity index (χ3v) is 4.28. The third kappa shape index (κ3) is 2.60. The summed E-state index contributed by atoms with van der Waals surface area (Å²) in [6.45, 7) is 4.61. The molecule has 0 spiro atoms. The van der Waals surface area contributed by atoms with Crippen molar-refractivity contribution in [3.05, 3.63) is 0 Å². The zero-order chi connectivity index (χ0) is 13.3. The van der Waals surface area contributed by atoms with Crippen LogP contribution in [-0.4, -0.2) is 40.1 Å². The minimum absolute atomic E-state index is 0.122. The average molecular weight is 254 g/mol. The van der Waals surface area contributed by atoms with E-state index < -0.39 is 12.0 Å². The highest BCUT2D eigenvalue weighted by atomic mass is 16.4. The number of aliphatic carboxylic acids is 1. The molecule has 1 saturated carbocycles. The number of nitrogens with one attached hydrogen (secondary N) is 1. The Morgan fingerprint density at radius 2 is 2.06 bits per heavy atom. The fraction of sp³-hybridized carbons (Fsp3) is 0.846. The maximum atomic E-state index is 12.2. The highest BCUT2D eigenvalue weighted by Gasteiger charge is 2.39. The van der Waals surface area contributed by atoms with E-state index in [1.54, 1.807) is 0 Å². The second-order valence-corrected chi connectivity index (χ2v) is 6.02. The number of hydrogen-bond acceptors (Lipinski definition) is 2. The molecule has 1 aliphatic heterocycles. The van der Waals surface area contributed by atoms with E-state index in [-0.39, 0.29) is 11.6 Å². The van der Waals surface area contributed by atoms with E-state index in [1.807, 2.05) is 13.8 Å². The number of rotatable bonds is 2. The molecule has 2 amide bonds. The number of piperidine rings is 1. The van der Waals surface area contributed by atoms with Crippen LogP contribution in [-0.2, 0) is 4.79 Å². The van der Waals surface area contributed by atoms with Crippen LogP contribution in [0.5, 0.6) is 0 Å². The van der Waals surface area contributed by atoms with Gasteiger partial charge in [-0.05, 0) is 44.9 Å². The van der Waals surface area contributed by atoms with Crippen molar-refractivity contribution in [2.24, 2.45) is 5.92 Å². The summed E-state index contributed by atoms with van der Waals surface area (Å²) in [6.07, 6.45) is 4.55. The second-order valence-electron chi connectivity index (χ2n) is 6.02. The predicted molar refractivity (Wildman–Crippen MR) is 67.3 cm³/mol. The number of hydrogen-bond donors (Lipinski definition) is 2. The summed E-state index contributed by atoms with van der Waals surface area (Å²) in [5, 5.41) is 12.2. The Morgan fingerprint density at radius 1 is 1.39 bits per heavy atom. The number of carboxylic acids is 1. The lowest BCUT2D eigenvalue weighted by molar-refractivity contribution is -0.144. The lowest BCUT2D eigenvalue weighted by Crippen LogP contribution is -2.59. The maximum absolute atomic E-state index is 12.2. The predicted octanol–water partition coefficient (Wildman–Crippen LogP) is 1.82. The van der Waals surface area contributed by atoms with Gasteiger partial charge in [0.2, 0.25) is 0 Å². The Balaban J connectivity index is 2.00. The first-order valence-electron chi connectivity index (χ1n) is 6.73. The summed E-state index contributed by atoms with van der Waals surface area (Å²) in [5.74, 6) is -0.523. The van der Waals surface area contributed by atoms with Gasteiger partial charge in [-0.2, -0.15) is 0 Å². The third-order valence-electron chi connectivity index (χ3n) is 4.28. The van der Waals surface area contributed by atoms with E-state index >= 15 is 0 Å². The molecule has 1 heterocycles. The zero-order valence-corrected chi connectivity index (χ0v) is 11.1. The van der Waals surface area contributed by atoms with E-state index in [2.05, 4.69) is 5.32 Å². The molecule has 2 N–H and O–H groups in total. The Hall–Kier alpha value is -1.26. The quantitative estimate of drug-likeness (QED) is 0.789. The SMILES string of the molecule is CC1CCN(C(=O)NC2(C)CCC2)C(C(=O)O)C1. The molecule has 0 bridgehead atoms. The molecule has 1 aliphatic carbocycles. The Bertz CT molecular complexity index is 352. The van der Waals surface area contributed by atoms with Crippen molar-refractivity contribution in [2.75, 3.05) is 6.54 Å². The standard InChI is InChI=1S/C13H22N2O3/c1-9-4-7-15(10(8-9)11(16)17)12(18)14-13(2)5-3-6-13/h9-10H,3-8H2,1-2H3,(H,14,18)(H,16,17). The largest absolute Gasteiger partial charge is 0.480 e. The summed E-state index contributed by atoms with van der Waals surface area (Å²) in [4.78, 5) is 24.9. The number of likely N-dealkylation sites (tertiary alicyclic amines) is 1. The minimum Gasteiger partial charge on any atom is -0.480 e. The molecule has 2 unspecified atom stereocenters. The number of amides is 2. The molecule has 2 aliphatic rings. The first-order valence-corrected chi connectivity index (χ1v) is 6.73. The van der Waals surface area contributed by atoms with Crippen LogP contribution in [0.15, 0.2) is 0 Å². The van der Waals surface area contributed by atoms with Gasteiger partial charge in [0.15, 0.2) is 0 Å². The summed E-state index contributed by atoms with van der Waals surface area (Å²) in [5.41, 5.74) is -0.122. The highest BCUT2D eigenvalue weighted by molar-refractivity contribution is 5.83. The van der Waals surface area contributed by atoms with E-state index in [4.69, 9.17) is 0 Å². The van der Waals surface area contributed by atoms with Crippen molar-refractivity contribution in [1.82, 2.24) is 10.2 Å². The Labute approximate surface area is 108 Å². The van der Waals surface area contributed by atoms with Gasteiger partial charge in [0.25, 0.3) is 0 Å². The summed E-state index contributed by atoms with van der Waals surface area (Å²) < 4.78 is 0. The minimum atomic E-state index is -0.893. The number of urea groups is 1. The number of nitrogens with zero attached hydrogens (tertiary/aromatic N) is 1. The van der Waals surface area contributed by atoms with Gasteiger partial charge in [-0.1, -0.05) is 6.92 Å². The molecule has 5 heteroatoms. The van der Waals surface area contributed by atoms with Crippen LogP contribution in [0, 0.1) is 5.92 Å². The van der Waals surface area contributed by atoms with Gasteiger partial charge < -0.3 is 15.3 Å². The van der Waals surface area contributed by atoms with E-state index in [9.17, 15) is 14.7 Å². The lowest BCUT2D eigenvalue weighted by atomic mass is 9.78. The first kappa shape index (κ1) is 13.2. The smallest absolute Gasteiger partial charge is 0.326 e. The first-order chi connectivity index (χ1) is 8.41. The zero-order valence-electron chi connectivity index (χ0n) is 11.1. The fourth-order valence-electron chi connectivity index (χ4n) is 2.78. The molecule has 2 fully saturated rings. The van der Waals surface area contributed by atoms with Crippen molar-refractivity contribution in [3.8, 4) is 0 Å².